The molecule has 1 amide bonds. The molecule has 0 fully saturated rings. The molecule has 5 nitrogen and oxygen atoms in total. The van der Waals surface area contributed by atoms with Crippen molar-refractivity contribution < 1.29 is 14.4 Å². The molecule has 26 heavy (non-hydrogen) atoms. The van der Waals surface area contributed by atoms with Crippen molar-refractivity contribution in [3.05, 3.63) is 40.6 Å². The number of thiophene rings is 1. The lowest BCUT2D eigenvalue weighted by Gasteiger charge is -2.22. The third kappa shape index (κ3) is 4.06. The highest BCUT2D eigenvalue weighted by atomic mass is 32.1. The van der Waals surface area contributed by atoms with E-state index in [1.54, 1.807) is 7.11 Å². The third-order valence-corrected chi connectivity index (χ3v) is 6.38. The highest BCUT2D eigenvalue weighted by Crippen LogP contribution is 2.32. The fourth-order valence-electron chi connectivity index (χ4n) is 2.83. The van der Waals surface area contributed by atoms with E-state index in [9.17, 15) is 4.79 Å². The normalized spacial score (nSPS) is 11.2. The van der Waals surface area contributed by atoms with Crippen molar-refractivity contribution in [1.29, 1.82) is 0 Å². The summed E-state index contributed by atoms with van der Waals surface area (Å²) < 4.78 is 6.33. The van der Waals surface area contributed by atoms with Gasteiger partial charge in [0.2, 0.25) is 0 Å². The SMILES string of the molecule is CC[NH+](CC)CCN(C(=O)c1cccs1)c1nc2ccc(OC)cc2s1. The molecule has 3 aromatic rings. The first-order valence-corrected chi connectivity index (χ1v) is 10.5. The highest BCUT2D eigenvalue weighted by Gasteiger charge is 2.23. The van der Waals surface area contributed by atoms with Gasteiger partial charge in [0.15, 0.2) is 5.13 Å². The standard InChI is InChI=1S/C19H23N3O2S2/c1-4-21(5-2)10-11-22(18(23)16-7-6-12-25-16)19-20-15-9-8-14(24-3)13-17(15)26-19/h6-9,12-13H,4-5,10-11H2,1-3H3/p+1. The van der Waals surface area contributed by atoms with Crippen molar-refractivity contribution in [2.45, 2.75) is 13.8 Å². The maximum absolute atomic E-state index is 13.1. The number of ether oxygens (including phenoxy) is 1. The fourth-order valence-corrected chi connectivity index (χ4v) is 4.52. The molecule has 0 atom stereocenters. The summed E-state index contributed by atoms with van der Waals surface area (Å²) in [5.74, 6) is 0.828. The van der Waals surface area contributed by atoms with Gasteiger partial charge in [-0.05, 0) is 43.5 Å². The predicted molar refractivity (Wildman–Crippen MR) is 109 cm³/mol. The van der Waals surface area contributed by atoms with Gasteiger partial charge in [-0.25, -0.2) is 4.98 Å². The number of quaternary nitrogens is 1. The number of benzene rings is 1. The molecule has 0 aliphatic heterocycles. The van der Waals surface area contributed by atoms with E-state index in [1.165, 1.54) is 27.6 Å². The Labute approximate surface area is 161 Å². The maximum Gasteiger partial charge on any atom is 0.270 e. The van der Waals surface area contributed by atoms with E-state index >= 15 is 0 Å². The molecule has 2 aromatic heterocycles. The van der Waals surface area contributed by atoms with Crippen molar-refractivity contribution in [3.8, 4) is 5.75 Å². The number of carbonyl (C=O) groups excluding carboxylic acids is 1. The predicted octanol–water partition coefficient (Wildman–Crippen LogP) is 2.94. The van der Waals surface area contributed by atoms with Crippen LogP contribution in [-0.4, -0.2) is 44.2 Å². The van der Waals surface area contributed by atoms with Crippen LogP contribution in [0, 0.1) is 0 Å². The number of fused-ring (bicyclic) bond motifs is 1. The van der Waals surface area contributed by atoms with Gasteiger partial charge in [0.25, 0.3) is 5.91 Å². The molecule has 0 radical (unpaired) electrons. The Morgan fingerprint density at radius 1 is 1.27 bits per heavy atom. The number of thiazole rings is 1. The van der Waals surface area contributed by atoms with E-state index in [2.05, 4.69) is 13.8 Å². The van der Waals surface area contributed by atoms with E-state index in [1.807, 2.05) is 40.6 Å². The van der Waals surface area contributed by atoms with Crippen LogP contribution in [0.2, 0.25) is 0 Å². The van der Waals surface area contributed by atoms with E-state index < -0.39 is 0 Å². The number of methoxy groups -OCH3 is 1. The topological polar surface area (TPSA) is 46.9 Å². The van der Waals surface area contributed by atoms with Crippen molar-refractivity contribution in [2.75, 3.05) is 38.2 Å². The van der Waals surface area contributed by atoms with Gasteiger partial charge in [-0.2, -0.15) is 0 Å². The van der Waals surface area contributed by atoms with Gasteiger partial charge in [-0.1, -0.05) is 17.4 Å². The van der Waals surface area contributed by atoms with Crippen molar-refractivity contribution in [2.24, 2.45) is 0 Å². The monoisotopic (exact) mass is 390 g/mol. The van der Waals surface area contributed by atoms with Gasteiger partial charge in [0.05, 0.1) is 48.4 Å². The molecule has 0 saturated heterocycles. The van der Waals surface area contributed by atoms with Crippen LogP contribution >= 0.6 is 22.7 Å². The van der Waals surface area contributed by atoms with Crippen LogP contribution in [0.15, 0.2) is 35.7 Å². The number of rotatable bonds is 8. The first-order valence-electron chi connectivity index (χ1n) is 8.79. The van der Waals surface area contributed by atoms with Crippen LogP contribution < -0.4 is 14.5 Å². The van der Waals surface area contributed by atoms with Crippen LogP contribution in [0.25, 0.3) is 10.2 Å². The molecule has 0 aliphatic rings. The third-order valence-electron chi connectivity index (χ3n) is 4.48. The van der Waals surface area contributed by atoms with Crippen molar-refractivity contribution in [3.63, 3.8) is 0 Å². The van der Waals surface area contributed by atoms with Crippen molar-refractivity contribution in [1.82, 2.24) is 4.98 Å². The summed E-state index contributed by atoms with van der Waals surface area (Å²) in [6, 6.07) is 9.60. The zero-order chi connectivity index (χ0) is 18.5. The summed E-state index contributed by atoms with van der Waals surface area (Å²) in [7, 11) is 1.66. The first kappa shape index (κ1) is 18.8. The molecule has 0 bridgehead atoms. The van der Waals surface area contributed by atoms with Gasteiger partial charge in [-0.15, -0.1) is 11.3 Å². The summed E-state index contributed by atoms with van der Waals surface area (Å²) in [6.45, 7) is 8.01. The lowest BCUT2D eigenvalue weighted by molar-refractivity contribution is -0.894. The second kappa shape index (κ2) is 8.62. The molecule has 1 aromatic carbocycles. The molecular weight excluding hydrogens is 366 g/mol. The Kier molecular flexibility index (Phi) is 6.24. The number of amides is 1. The van der Waals surface area contributed by atoms with Crippen LogP contribution in [0.1, 0.15) is 23.5 Å². The Balaban J connectivity index is 1.92. The molecule has 3 rings (SSSR count). The maximum atomic E-state index is 13.1. The lowest BCUT2D eigenvalue weighted by atomic mass is 10.3. The molecule has 2 heterocycles. The van der Waals surface area contributed by atoms with Gasteiger partial charge >= 0.3 is 0 Å². The number of nitrogens with zero attached hydrogens (tertiary/aromatic N) is 2. The number of aromatic nitrogens is 1. The van der Waals surface area contributed by atoms with E-state index in [4.69, 9.17) is 9.72 Å². The Morgan fingerprint density at radius 3 is 2.73 bits per heavy atom. The Morgan fingerprint density at radius 2 is 2.08 bits per heavy atom. The molecule has 138 valence electrons. The second-order valence-corrected chi connectivity index (χ2v) is 7.93. The largest absolute Gasteiger partial charge is 0.497 e. The van der Waals surface area contributed by atoms with E-state index in [0.29, 0.717) is 6.54 Å². The second-order valence-electron chi connectivity index (χ2n) is 5.97. The van der Waals surface area contributed by atoms with Crippen LogP contribution in [-0.2, 0) is 0 Å². The first-order chi connectivity index (χ1) is 12.7. The number of anilines is 1. The van der Waals surface area contributed by atoms with Crippen molar-refractivity contribution >= 4 is 43.9 Å². The molecule has 1 N–H and O–H groups in total. The number of nitrogens with one attached hydrogen (secondary N) is 1. The van der Waals surface area contributed by atoms with Gasteiger partial charge < -0.3 is 9.64 Å². The van der Waals surface area contributed by atoms with Gasteiger partial charge in [0.1, 0.15) is 5.75 Å². The fraction of sp³-hybridized carbons (Fsp3) is 0.368. The van der Waals surface area contributed by atoms with Gasteiger partial charge in [-0.3, -0.25) is 9.69 Å². The zero-order valence-corrected chi connectivity index (χ0v) is 17.0. The molecule has 0 aliphatic carbocycles. The average Bonchev–Trinajstić information content (AvgIpc) is 3.33. The summed E-state index contributed by atoms with van der Waals surface area (Å²) in [6.07, 6.45) is 0. The smallest absolute Gasteiger partial charge is 0.270 e. The Hall–Kier alpha value is -1.96. The van der Waals surface area contributed by atoms with Crippen LogP contribution in [0.3, 0.4) is 0 Å². The van der Waals surface area contributed by atoms with Crippen LogP contribution in [0.4, 0.5) is 5.13 Å². The minimum Gasteiger partial charge on any atom is -0.497 e. The lowest BCUT2D eigenvalue weighted by Crippen LogP contribution is -3.12. The summed E-state index contributed by atoms with van der Waals surface area (Å²) in [5.41, 5.74) is 0.893. The summed E-state index contributed by atoms with van der Waals surface area (Å²) >= 11 is 3.01. The minimum atomic E-state index is 0.0255. The molecule has 0 saturated carbocycles. The number of likely N-dealkylation sites (N-methyl/N-ethyl adjacent to an activating group) is 1. The quantitative estimate of drug-likeness (QED) is 0.643. The number of carbonyl (C=O) groups is 1. The van der Waals surface area contributed by atoms with E-state index in [0.717, 1.165) is 45.6 Å². The van der Waals surface area contributed by atoms with Crippen LogP contribution in [0.5, 0.6) is 5.75 Å². The van der Waals surface area contributed by atoms with E-state index in [-0.39, 0.29) is 5.91 Å². The molecule has 7 heteroatoms. The molecule has 0 unspecified atom stereocenters. The number of hydrogen-bond donors (Lipinski definition) is 1. The summed E-state index contributed by atoms with van der Waals surface area (Å²) in [5, 5.41) is 2.68. The minimum absolute atomic E-state index is 0.0255. The zero-order valence-electron chi connectivity index (χ0n) is 15.3. The number of hydrogen-bond acceptors (Lipinski definition) is 5. The molecular formula is C19H24N3O2S2+. The summed E-state index contributed by atoms with van der Waals surface area (Å²) in [4.78, 5) is 21.8. The molecule has 0 spiro atoms. The Bertz CT molecular complexity index is 857. The highest BCUT2D eigenvalue weighted by molar-refractivity contribution is 7.22. The average molecular weight is 391 g/mol. The van der Waals surface area contributed by atoms with Gasteiger partial charge in [0, 0.05) is 0 Å².